The highest BCUT2D eigenvalue weighted by molar-refractivity contribution is 7.77. The van der Waals surface area contributed by atoms with Crippen LogP contribution >= 0.6 is 0 Å². The molecule has 12 heteroatoms. The van der Waals surface area contributed by atoms with Gasteiger partial charge in [-0.3, -0.25) is 4.21 Å². The smallest absolute Gasteiger partial charge is 0.312 e. The minimum absolute atomic E-state index is 0.0590. The van der Waals surface area contributed by atoms with Gasteiger partial charge in [0, 0.05) is 37.2 Å². The standard InChI is InChI=1S/C16H19FN6O4S/c1-8-4-10-11(27-7-26-10)5-9(8)6-12-20-13-14(18)21-16(17)22-15(13)23(12)3-2-19-28(24)25/h4,9,19H,2-3,5-7H2,1H3,(H,24,25)(H2,18,21,22)/p-1. The Bertz CT molecular complexity index is 1020. The van der Waals surface area contributed by atoms with Gasteiger partial charge >= 0.3 is 6.08 Å². The summed E-state index contributed by atoms with van der Waals surface area (Å²) in [6, 6.07) is 0. The van der Waals surface area contributed by atoms with Crippen LogP contribution in [-0.4, -0.2) is 41.6 Å². The van der Waals surface area contributed by atoms with Crippen LogP contribution in [-0.2, 0) is 33.7 Å². The summed E-state index contributed by atoms with van der Waals surface area (Å²) in [5, 5.41) is 0. The third kappa shape index (κ3) is 3.57. The molecule has 2 aliphatic rings. The lowest BCUT2D eigenvalue weighted by atomic mass is 9.88. The Morgan fingerprint density at radius 1 is 1.43 bits per heavy atom. The fraction of sp³-hybridized carbons (Fsp3) is 0.438. The normalized spacial score (nSPS) is 20.0. The summed E-state index contributed by atoms with van der Waals surface area (Å²) in [4.78, 5) is 11.9. The molecule has 3 N–H and O–H groups in total. The van der Waals surface area contributed by atoms with Crippen molar-refractivity contribution in [2.24, 2.45) is 5.92 Å². The molecule has 0 fully saturated rings. The van der Waals surface area contributed by atoms with Crippen LogP contribution in [0.4, 0.5) is 10.2 Å². The van der Waals surface area contributed by atoms with Crippen molar-refractivity contribution in [1.82, 2.24) is 24.2 Å². The van der Waals surface area contributed by atoms with E-state index in [-0.39, 0.29) is 42.8 Å². The number of nitrogens with two attached hydrogens (primary N) is 1. The summed E-state index contributed by atoms with van der Waals surface area (Å²) < 4.78 is 50.1. The Hall–Kier alpha value is -2.57. The average Bonchev–Trinajstić information content (AvgIpc) is 3.20. The van der Waals surface area contributed by atoms with Crippen molar-refractivity contribution in [2.75, 3.05) is 19.1 Å². The Labute approximate surface area is 162 Å². The summed E-state index contributed by atoms with van der Waals surface area (Å²) in [6.07, 6.45) is 2.15. The second-order valence-corrected chi connectivity index (χ2v) is 7.30. The molecule has 4 rings (SSSR count). The molecular weight excluding hydrogens is 391 g/mol. The van der Waals surface area contributed by atoms with Crippen LogP contribution in [0.15, 0.2) is 23.2 Å². The van der Waals surface area contributed by atoms with Gasteiger partial charge in [0.2, 0.25) is 6.79 Å². The number of nitrogen functional groups attached to an aromatic ring is 1. The molecule has 0 bridgehead atoms. The Morgan fingerprint density at radius 3 is 3.04 bits per heavy atom. The van der Waals surface area contributed by atoms with Crippen molar-refractivity contribution >= 4 is 28.2 Å². The monoisotopic (exact) mass is 409 g/mol. The Balaban J connectivity index is 1.66. The number of fused-ring (bicyclic) bond motifs is 1. The maximum absolute atomic E-state index is 13.7. The molecule has 150 valence electrons. The van der Waals surface area contributed by atoms with E-state index in [9.17, 15) is 13.2 Å². The van der Waals surface area contributed by atoms with Gasteiger partial charge in [0.25, 0.3) is 0 Å². The molecular formula is C16H18FN6O4S-. The highest BCUT2D eigenvalue weighted by atomic mass is 32.2. The lowest BCUT2D eigenvalue weighted by Crippen LogP contribution is -2.23. The summed E-state index contributed by atoms with van der Waals surface area (Å²) in [5.41, 5.74) is 7.44. The number of nitrogens with one attached hydrogen (secondary N) is 1. The zero-order valence-electron chi connectivity index (χ0n) is 15.0. The topological polar surface area (TPSA) is 140 Å². The van der Waals surface area contributed by atoms with E-state index in [0.29, 0.717) is 18.7 Å². The number of ether oxygens (including phenoxy) is 2. The van der Waals surface area contributed by atoms with Crippen molar-refractivity contribution < 1.29 is 22.6 Å². The van der Waals surface area contributed by atoms with E-state index in [1.54, 1.807) is 4.57 Å². The van der Waals surface area contributed by atoms with E-state index >= 15 is 0 Å². The summed E-state index contributed by atoms with van der Waals surface area (Å²) in [6.45, 7) is 2.53. The van der Waals surface area contributed by atoms with Crippen molar-refractivity contribution in [3.63, 3.8) is 0 Å². The maximum Gasteiger partial charge on any atom is 0.312 e. The molecule has 0 saturated carbocycles. The summed E-state index contributed by atoms with van der Waals surface area (Å²) in [7, 11) is 0. The van der Waals surface area contributed by atoms with Crippen molar-refractivity contribution in [1.29, 1.82) is 0 Å². The quantitative estimate of drug-likeness (QED) is 0.524. The van der Waals surface area contributed by atoms with E-state index in [1.165, 1.54) is 0 Å². The third-order valence-electron chi connectivity index (χ3n) is 4.81. The predicted octanol–water partition coefficient (Wildman–Crippen LogP) is 0.656. The SMILES string of the molecule is CC1=CC2=C(CC1Cc1nc3c(N)nc(F)nc3n1CCNS(=O)[O-])OCO2. The molecule has 0 amide bonds. The van der Waals surface area contributed by atoms with Gasteiger partial charge < -0.3 is 24.3 Å². The highest BCUT2D eigenvalue weighted by Gasteiger charge is 2.29. The minimum Gasteiger partial charge on any atom is -0.760 e. The van der Waals surface area contributed by atoms with Crippen LogP contribution in [0, 0.1) is 12.0 Å². The number of hydrogen-bond donors (Lipinski definition) is 2. The molecule has 3 heterocycles. The second-order valence-electron chi connectivity index (χ2n) is 6.55. The van der Waals surface area contributed by atoms with Gasteiger partial charge in [-0.2, -0.15) is 14.4 Å². The third-order valence-corrected chi connectivity index (χ3v) is 5.25. The van der Waals surface area contributed by atoms with Gasteiger partial charge in [0.15, 0.2) is 22.7 Å². The lowest BCUT2D eigenvalue weighted by Gasteiger charge is -2.21. The molecule has 1 aliphatic heterocycles. The van der Waals surface area contributed by atoms with Crippen LogP contribution < -0.4 is 10.5 Å². The number of halogens is 1. The van der Waals surface area contributed by atoms with Crippen LogP contribution in [0.1, 0.15) is 19.2 Å². The first-order valence-electron chi connectivity index (χ1n) is 8.60. The number of nitrogens with zero attached hydrogens (tertiary/aromatic N) is 4. The van der Waals surface area contributed by atoms with E-state index in [4.69, 9.17) is 15.2 Å². The van der Waals surface area contributed by atoms with Gasteiger partial charge in [-0.1, -0.05) is 5.57 Å². The first-order chi connectivity index (χ1) is 13.4. The van der Waals surface area contributed by atoms with E-state index in [0.717, 1.165) is 17.1 Å². The van der Waals surface area contributed by atoms with Gasteiger partial charge in [-0.05, 0) is 18.9 Å². The van der Waals surface area contributed by atoms with Gasteiger partial charge in [-0.15, -0.1) is 0 Å². The van der Waals surface area contributed by atoms with Crippen LogP contribution in [0.5, 0.6) is 0 Å². The first-order valence-corrected chi connectivity index (χ1v) is 9.67. The maximum atomic E-state index is 13.7. The Kier molecular flexibility index (Phi) is 5.00. The molecule has 0 radical (unpaired) electrons. The zero-order chi connectivity index (χ0) is 19.8. The largest absolute Gasteiger partial charge is 0.760 e. The summed E-state index contributed by atoms with van der Waals surface area (Å²) >= 11 is -2.40. The molecule has 0 saturated heterocycles. The second kappa shape index (κ2) is 7.45. The number of rotatable bonds is 6. The predicted molar refractivity (Wildman–Crippen MR) is 96.2 cm³/mol. The van der Waals surface area contributed by atoms with Crippen molar-refractivity contribution in [3.05, 3.63) is 35.1 Å². The van der Waals surface area contributed by atoms with Gasteiger partial charge in [0.1, 0.15) is 11.6 Å². The first kappa shape index (κ1) is 18.8. The fourth-order valence-electron chi connectivity index (χ4n) is 3.43. The molecule has 1 aliphatic carbocycles. The van der Waals surface area contributed by atoms with E-state index in [2.05, 4.69) is 19.7 Å². The van der Waals surface area contributed by atoms with Crippen LogP contribution in [0.25, 0.3) is 11.2 Å². The van der Waals surface area contributed by atoms with Gasteiger partial charge in [-0.25, -0.2) is 9.71 Å². The van der Waals surface area contributed by atoms with Gasteiger partial charge in [0.05, 0.1) is 0 Å². The molecule has 2 unspecified atom stereocenters. The molecule has 2 aromatic heterocycles. The lowest BCUT2D eigenvalue weighted by molar-refractivity contribution is 0.0717. The summed E-state index contributed by atoms with van der Waals surface area (Å²) in [5.74, 6) is 2.20. The fourth-order valence-corrected chi connectivity index (χ4v) is 3.69. The van der Waals surface area contributed by atoms with E-state index < -0.39 is 17.3 Å². The molecule has 2 atom stereocenters. The van der Waals surface area contributed by atoms with Crippen molar-refractivity contribution in [2.45, 2.75) is 26.3 Å². The average molecular weight is 409 g/mol. The zero-order valence-corrected chi connectivity index (χ0v) is 15.8. The van der Waals surface area contributed by atoms with E-state index in [1.807, 2.05) is 13.0 Å². The number of anilines is 1. The molecule has 2 aromatic rings. The number of imidazole rings is 1. The molecule has 0 aromatic carbocycles. The minimum atomic E-state index is -2.40. The number of aromatic nitrogens is 4. The highest BCUT2D eigenvalue weighted by Crippen LogP contribution is 2.35. The van der Waals surface area contributed by atoms with Crippen molar-refractivity contribution in [3.8, 4) is 0 Å². The number of hydrogen-bond acceptors (Lipinski definition) is 8. The van der Waals surface area contributed by atoms with Crippen LogP contribution in [0.3, 0.4) is 0 Å². The molecule has 28 heavy (non-hydrogen) atoms. The Morgan fingerprint density at radius 2 is 2.25 bits per heavy atom. The molecule has 10 nitrogen and oxygen atoms in total. The van der Waals surface area contributed by atoms with Crippen LogP contribution in [0.2, 0.25) is 0 Å². The molecule has 0 spiro atoms. The number of allylic oxidation sites excluding steroid dienone is 3.